The van der Waals surface area contributed by atoms with Crippen molar-refractivity contribution in [2.24, 2.45) is 0 Å². The van der Waals surface area contributed by atoms with Crippen LogP contribution in [0, 0.1) is 10.5 Å². The fourth-order valence-corrected chi connectivity index (χ4v) is 4.08. The van der Waals surface area contributed by atoms with Crippen molar-refractivity contribution in [3.63, 3.8) is 0 Å². The van der Waals surface area contributed by atoms with Gasteiger partial charge in [0, 0.05) is 19.8 Å². The van der Waals surface area contributed by atoms with Crippen LogP contribution < -0.4 is 10.0 Å². The summed E-state index contributed by atoms with van der Waals surface area (Å²) in [7, 11) is -3.78. The van der Waals surface area contributed by atoms with Gasteiger partial charge in [-0.25, -0.2) is 8.42 Å². The predicted octanol–water partition coefficient (Wildman–Crippen LogP) is 5.31. The third kappa shape index (κ3) is 5.03. The van der Waals surface area contributed by atoms with Crippen LogP contribution in [0.1, 0.15) is 15.9 Å². The molecule has 2 N–H and O–H groups in total. The second kappa shape index (κ2) is 8.50. The van der Waals surface area contributed by atoms with Gasteiger partial charge in [0.1, 0.15) is 0 Å². The van der Waals surface area contributed by atoms with Gasteiger partial charge in [-0.05, 0) is 95.7 Å². The van der Waals surface area contributed by atoms with E-state index in [9.17, 15) is 13.2 Å². The molecule has 0 saturated carbocycles. The fraction of sp³-hybridized carbons (Fsp3) is 0.0500. The first-order valence-electron chi connectivity index (χ1n) is 8.20. The number of benzene rings is 3. The van der Waals surface area contributed by atoms with E-state index in [1.807, 2.05) is 12.1 Å². The van der Waals surface area contributed by atoms with Crippen molar-refractivity contribution in [2.45, 2.75) is 11.8 Å². The monoisotopic (exact) mass is 526 g/mol. The van der Waals surface area contributed by atoms with Crippen LogP contribution in [-0.4, -0.2) is 14.3 Å². The van der Waals surface area contributed by atoms with Gasteiger partial charge < -0.3 is 5.32 Å². The highest BCUT2D eigenvalue weighted by Crippen LogP contribution is 2.24. The van der Waals surface area contributed by atoms with E-state index in [4.69, 9.17) is 11.6 Å². The zero-order valence-electron chi connectivity index (χ0n) is 14.7. The van der Waals surface area contributed by atoms with E-state index in [2.05, 4.69) is 32.6 Å². The van der Waals surface area contributed by atoms with Crippen LogP contribution in [0.4, 0.5) is 11.4 Å². The Hall–Kier alpha value is -2.10. The molecule has 0 radical (unpaired) electrons. The first-order chi connectivity index (χ1) is 13.2. The molecule has 0 aliphatic heterocycles. The molecule has 0 bridgehead atoms. The number of hydrogen-bond donors (Lipinski definition) is 2. The molecule has 0 unspecified atom stereocenters. The zero-order chi connectivity index (χ0) is 20.3. The molecule has 0 aliphatic carbocycles. The predicted molar refractivity (Wildman–Crippen MR) is 121 cm³/mol. The Morgan fingerprint density at radius 2 is 1.61 bits per heavy atom. The number of nitrogens with one attached hydrogen (secondary N) is 2. The first kappa shape index (κ1) is 20.6. The Balaban J connectivity index is 1.75. The average Bonchev–Trinajstić information content (AvgIpc) is 2.65. The molecule has 3 rings (SSSR count). The van der Waals surface area contributed by atoms with E-state index in [0.717, 1.165) is 9.13 Å². The van der Waals surface area contributed by atoms with E-state index >= 15 is 0 Å². The van der Waals surface area contributed by atoms with E-state index in [0.29, 0.717) is 22.0 Å². The molecular formula is C20H16ClIN2O3S. The van der Waals surface area contributed by atoms with Crippen LogP contribution in [0.25, 0.3) is 0 Å². The second-order valence-corrected chi connectivity index (χ2v) is 9.41. The Morgan fingerprint density at radius 3 is 2.25 bits per heavy atom. The number of hydrogen-bond acceptors (Lipinski definition) is 3. The van der Waals surface area contributed by atoms with E-state index < -0.39 is 10.0 Å². The third-order valence-electron chi connectivity index (χ3n) is 3.97. The summed E-state index contributed by atoms with van der Waals surface area (Å²) in [6.45, 7) is 1.79. The Kier molecular flexibility index (Phi) is 6.26. The normalized spacial score (nSPS) is 11.1. The molecule has 28 heavy (non-hydrogen) atoms. The second-order valence-electron chi connectivity index (χ2n) is 6.05. The minimum absolute atomic E-state index is 0.0825. The number of halogens is 2. The Bertz CT molecular complexity index is 1120. The van der Waals surface area contributed by atoms with Crippen molar-refractivity contribution in [2.75, 3.05) is 10.0 Å². The van der Waals surface area contributed by atoms with Crippen molar-refractivity contribution >= 4 is 61.5 Å². The van der Waals surface area contributed by atoms with Gasteiger partial charge in [-0.3, -0.25) is 9.52 Å². The Morgan fingerprint density at radius 1 is 0.964 bits per heavy atom. The van der Waals surface area contributed by atoms with E-state index in [1.165, 1.54) is 12.1 Å². The van der Waals surface area contributed by atoms with Gasteiger partial charge in [0.05, 0.1) is 10.6 Å². The molecule has 5 nitrogen and oxygen atoms in total. The van der Waals surface area contributed by atoms with Crippen molar-refractivity contribution in [3.05, 3.63) is 86.4 Å². The van der Waals surface area contributed by atoms with Crippen molar-refractivity contribution in [3.8, 4) is 0 Å². The molecule has 0 heterocycles. The molecule has 0 saturated heterocycles. The molecule has 8 heteroatoms. The molecule has 0 atom stereocenters. The largest absolute Gasteiger partial charge is 0.322 e. The molecule has 0 spiro atoms. The first-order valence-corrected chi connectivity index (χ1v) is 11.1. The number of anilines is 2. The van der Waals surface area contributed by atoms with Crippen LogP contribution >= 0.6 is 34.2 Å². The molecule has 144 valence electrons. The minimum atomic E-state index is -3.78. The van der Waals surface area contributed by atoms with E-state index in [-0.39, 0.29) is 10.8 Å². The average molecular weight is 527 g/mol. The lowest BCUT2D eigenvalue weighted by Crippen LogP contribution is -2.14. The maximum absolute atomic E-state index is 12.6. The van der Waals surface area contributed by atoms with E-state index in [1.54, 1.807) is 49.4 Å². The van der Waals surface area contributed by atoms with Gasteiger partial charge in [-0.2, -0.15) is 0 Å². The van der Waals surface area contributed by atoms with Gasteiger partial charge in [-0.1, -0.05) is 17.7 Å². The maximum Gasteiger partial charge on any atom is 0.261 e. The summed E-state index contributed by atoms with van der Waals surface area (Å²) in [5.74, 6) is -0.264. The van der Waals surface area contributed by atoms with Crippen molar-refractivity contribution in [1.29, 1.82) is 0 Å². The number of aryl methyl sites for hydroxylation is 1. The van der Waals surface area contributed by atoms with Gasteiger partial charge in [-0.15, -0.1) is 0 Å². The van der Waals surface area contributed by atoms with Gasteiger partial charge in [0.25, 0.3) is 15.9 Å². The topological polar surface area (TPSA) is 75.3 Å². The quantitative estimate of drug-likeness (QED) is 0.443. The number of carbonyl (C=O) groups is 1. The van der Waals surface area contributed by atoms with Gasteiger partial charge in [0.15, 0.2) is 0 Å². The highest BCUT2D eigenvalue weighted by Gasteiger charge is 2.16. The SMILES string of the molecule is Cc1ccc(Cl)cc1NS(=O)(=O)c1ccc(NC(=O)c2ccc(I)cc2)cc1. The summed E-state index contributed by atoms with van der Waals surface area (Å²) < 4.78 is 28.8. The molecular weight excluding hydrogens is 511 g/mol. The lowest BCUT2D eigenvalue weighted by atomic mass is 10.2. The van der Waals surface area contributed by atoms with Crippen LogP contribution in [0.15, 0.2) is 71.6 Å². The fourth-order valence-electron chi connectivity index (χ4n) is 2.43. The zero-order valence-corrected chi connectivity index (χ0v) is 18.5. The lowest BCUT2D eigenvalue weighted by molar-refractivity contribution is 0.102. The molecule has 0 aliphatic rings. The van der Waals surface area contributed by atoms with Crippen molar-refractivity contribution < 1.29 is 13.2 Å². The number of carbonyl (C=O) groups excluding carboxylic acids is 1. The summed E-state index contributed by atoms with van der Waals surface area (Å²) in [5.41, 5.74) is 2.20. The Labute approximate surface area is 182 Å². The highest BCUT2D eigenvalue weighted by molar-refractivity contribution is 14.1. The van der Waals surface area contributed by atoms with Gasteiger partial charge in [0.2, 0.25) is 0 Å². The number of amides is 1. The summed E-state index contributed by atoms with van der Waals surface area (Å²) in [6, 6.07) is 18.1. The van der Waals surface area contributed by atoms with Crippen LogP contribution in [0.2, 0.25) is 5.02 Å². The molecule has 0 aromatic heterocycles. The van der Waals surface area contributed by atoms with Gasteiger partial charge >= 0.3 is 0 Å². The summed E-state index contributed by atoms with van der Waals surface area (Å²) in [6.07, 6.45) is 0. The molecule has 3 aromatic rings. The molecule has 3 aromatic carbocycles. The smallest absolute Gasteiger partial charge is 0.261 e. The standard InChI is InChI=1S/C20H16ClIN2O3S/c1-13-2-5-15(21)12-19(13)24-28(26,27)18-10-8-17(9-11-18)23-20(25)14-3-6-16(22)7-4-14/h2-12,24H,1H3,(H,23,25). The van der Waals surface area contributed by atoms with Crippen LogP contribution in [0.5, 0.6) is 0 Å². The molecule has 0 fully saturated rings. The highest BCUT2D eigenvalue weighted by atomic mass is 127. The third-order valence-corrected chi connectivity index (χ3v) is 6.31. The number of rotatable bonds is 5. The van der Waals surface area contributed by atoms with Crippen LogP contribution in [0.3, 0.4) is 0 Å². The molecule has 1 amide bonds. The van der Waals surface area contributed by atoms with Crippen LogP contribution in [-0.2, 0) is 10.0 Å². The minimum Gasteiger partial charge on any atom is -0.322 e. The summed E-state index contributed by atoms with van der Waals surface area (Å²) >= 11 is 8.11. The number of sulfonamides is 1. The summed E-state index contributed by atoms with van der Waals surface area (Å²) in [4.78, 5) is 12.3. The maximum atomic E-state index is 12.6. The lowest BCUT2D eigenvalue weighted by Gasteiger charge is -2.12. The van der Waals surface area contributed by atoms with Crippen molar-refractivity contribution in [1.82, 2.24) is 0 Å². The summed E-state index contributed by atoms with van der Waals surface area (Å²) in [5, 5.41) is 3.19.